The van der Waals surface area contributed by atoms with Crippen LogP contribution in [0.3, 0.4) is 0 Å². The van der Waals surface area contributed by atoms with Crippen LogP contribution in [-0.4, -0.2) is 33.6 Å². The van der Waals surface area contributed by atoms with Crippen LogP contribution in [0.2, 0.25) is 0 Å². The lowest BCUT2D eigenvalue weighted by Crippen LogP contribution is -2.15. The highest BCUT2D eigenvalue weighted by Gasteiger charge is 2.09. The molecule has 23 heavy (non-hydrogen) atoms. The molecule has 0 fully saturated rings. The summed E-state index contributed by atoms with van der Waals surface area (Å²) in [5, 5.41) is 13.0. The van der Waals surface area contributed by atoms with Gasteiger partial charge in [-0.3, -0.25) is 14.4 Å². The number of nitrogens with one attached hydrogen (secondary N) is 1. The molecular weight excluding hydrogens is 338 g/mol. The average molecular weight is 351 g/mol. The van der Waals surface area contributed by atoms with Gasteiger partial charge in [-0.25, -0.2) is 4.98 Å². The number of aliphatic carboxylic acids is 1. The second-order valence-corrected chi connectivity index (χ2v) is 6.53. The Morgan fingerprint density at radius 1 is 1.26 bits per heavy atom. The lowest BCUT2D eigenvalue weighted by atomic mass is 10.2. The third-order valence-electron chi connectivity index (χ3n) is 2.64. The van der Waals surface area contributed by atoms with E-state index < -0.39 is 11.9 Å². The van der Waals surface area contributed by atoms with Crippen molar-refractivity contribution in [3.05, 3.63) is 40.9 Å². The number of carboxylic acids is 1. The number of carbonyl (C=O) groups excluding carboxylic acids is 2. The van der Waals surface area contributed by atoms with E-state index in [0.29, 0.717) is 21.3 Å². The number of thioether (sulfide) groups is 1. The molecule has 1 heterocycles. The molecule has 0 unspecified atom stereocenters. The van der Waals surface area contributed by atoms with Crippen LogP contribution in [0.5, 0.6) is 0 Å². The van der Waals surface area contributed by atoms with Gasteiger partial charge >= 0.3 is 5.97 Å². The molecule has 2 amide bonds. The van der Waals surface area contributed by atoms with Crippen molar-refractivity contribution >= 4 is 46.6 Å². The monoisotopic (exact) mass is 351 g/mol. The van der Waals surface area contributed by atoms with Crippen molar-refractivity contribution in [3.63, 3.8) is 0 Å². The summed E-state index contributed by atoms with van der Waals surface area (Å²) in [5.41, 5.74) is 6.54. The Kier molecular flexibility index (Phi) is 5.72. The molecule has 0 saturated carbocycles. The van der Waals surface area contributed by atoms with E-state index in [0.717, 1.165) is 0 Å². The van der Waals surface area contributed by atoms with E-state index in [1.807, 2.05) is 0 Å². The zero-order chi connectivity index (χ0) is 16.8. The molecule has 1 aromatic heterocycles. The van der Waals surface area contributed by atoms with Crippen molar-refractivity contribution in [1.82, 2.24) is 4.98 Å². The van der Waals surface area contributed by atoms with Gasteiger partial charge in [0.05, 0.1) is 17.9 Å². The van der Waals surface area contributed by atoms with Crippen LogP contribution < -0.4 is 11.1 Å². The first-order valence-corrected chi connectivity index (χ1v) is 8.29. The van der Waals surface area contributed by atoms with Crippen LogP contribution in [0.4, 0.5) is 5.69 Å². The summed E-state index contributed by atoms with van der Waals surface area (Å²) in [6.45, 7) is 0. The zero-order valence-corrected chi connectivity index (χ0v) is 13.4. The number of rotatable bonds is 7. The molecule has 0 radical (unpaired) electrons. The highest BCUT2D eigenvalue weighted by atomic mass is 32.2. The molecule has 120 valence electrons. The Morgan fingerprint density at radius 3 is 2.57 bits per heavy atom. The van der Waals surface area contributed by atoms with E-state index in [9.17, 15) is 14.4 Å². The Balaban J connectivity index is 1.83. The third kappa shape index (κ3) is 5.38. The lowest BCUT2D eigenvalue weighted by molar-refractivity contribution is -0.136. The fourth-order valence-electron chi connectivity index (χ4n) is 1.63. The average Bonchev–Trinajstić information content (AvgIpc) is 2.92. The van der Waals surface area contributed by atoms with Gasteiger partial charge in [-0.15, -0.1) is 11.3 Å². The standard InChI is InChI=1S/C14H13N3O4S2/c15-13(21)8-1-3-9(4-2-8)16-11(18)7-23-14-17-10(6-22-14)5-12(19)20/h1-4,6H,5,7H2,(H2,15,21)(H,16,18)(H,19,20). The Bertz CT molecular complexity index is 728. The molecule has 0 saturated heterocycles. The maximum Gasteiger partial charge on any atom is 0.309 e. The van der Waals surface area contributed by atoms with Crippen LogP contribution >= 0.6 is 23.1 Å². The number of anilines is 1. The topological polar surface area (TPSA) is 122 Å². The maximum absolute atomic E-state index is 11.8. The van der Waals surface area contributed by atoms with E-state index >= 15 is 0 Å². The first kappa shape index (κ1) is 17.0. The molecule has 0 aliphatic carbocycles. The van der Waals surface area contributed by atoms with E-state index in [1.54, 1.807) is 17.5 Å². The van der Waals surface area contributed by atoms with Crippen molar-refractivity contribution < 1.29 is 19.5 Å². The third-order valence-corrected chi connectivity index (χ3v) is 4.71. The SMILES string of the molecule is NC(=O)c1ccc(NC(=O)CSc2nc(CC(=O)O)cs2)cc1. The van der Waals surface area contributed by atoms with E-state index in [1.165, 1.54) is 35.2 Å². The quantitative estimate of drug-likeness (QED) is 0.651. The minimum absolute atomic E-state index is 0.129. The smallest absolute Gasteiger partial charge is 0.309 e. The molecular formula is C14H13N3O4S2. The van der Waals surface area contributed by atoms with Crippen molar-refractivity contribution in [3.8, 4) is 0 Å². The molecule has 9 heteroatoms. The summed E-state index contributed by atoms with van der Waals surface area (Å²) < 4.78 is 0.639. The molecule has 7 nitrogen and oxygen atoms in total. The van der Waals surface area contributed by atoms with Gasteiger partial charge in [0.25, 0.3) is 0 Å². The number of hydrogen-bond donors (Lipinski definition) is 3. The van der Waals surface area contributed by atoms with Crippen molar-refractivity contribution in [1.29, 1.82) is 0 Å². The van der Waals surface area contributed by atoms with E-state index in [2.05, 4.69) is 10.3 Å². The molecule has 0 atom stereocenters. The minimum atomic E-state index is -0.941. The molecule has 4 N–H and O–H groups in total. The van der Waals surface area contributed by atoms with E-state index in [4.69, 9.17) is 10.8 Å². The Hall–Kier alpha value is -2.39. The summed E-state index contributed by atoms with van der Waals surface area (Å²) >= 11 is 2.53. The number of amides is 2. The number of primary amides is 1. The van der Waals surface area contributed by atoms with Gasteiger partial charge in [0.15, 0.2) is 4.34 Å². The molecule has 0 bridgehead atoms. The normalized spacial score (nSPS) is 10.3. The number of carboxylic acid groups (broad SMARTS) is 1. The number of nitrogens with two attached hydrogens (primary N) is 1. The van der Waals surface area contributed by atoms with Gasteiger partial charge in [0.2, 0.25) is 11.8 Å². The first-order chi connectivity index (χ1) is 10.9. The summed E-state index contributed by atoms with van der Waals surface area (Å²) in [5.74, 6) is -1.54. The summed E-state index contributed by atoms with van der Waals surface area (Å²) in [7, 11) is 0. The maximum atomic E-state index is 11.8. The van der Waals surface area contributed by atoms with Crippen LogP contribution in [0.25, 0.3) is 0 Å². The summed E-state index contributed by atoms with van der Waals surface area (Å²) in [6.07, 6.45) is -0.129. The van der Waals surface area contributed by atoms with E-state index in [-0.39, 0.29) is 18.1 Å². The lowest BCUT2D eigenvalue weighted by Gasteiger charge is -2.04. The summed E-state index contributed by atoms with van der Waals surface area (Å²) in [4.78, 5) is 37.5. The van der Waals surface area contributed by atoms with Gasteiger partial charge in [-0.2, -0.15) is 0 Å². The van der Waals surface area contributed by atoms with Gasteiger partial charge in [-0.05, 0) is 24.3 Å². The Morgan fingerprint density at radius 2 is 1.96 bits per heavy atom. The highest BCUT2D eigenvalue weighted by molar-refractivity contribution is 8.01. The fraction of sp³-hybridized carbons (Fsp3) is 0.143. The van der Waals surface area contributed by atoms with Crippen molar-refractivity contribution in [2.75, 3.05) is 11.1 Å². The van der Waals surface area contributed by atoms with Crippen molar-refractivity contribution in [2.45, 2.75) is 10.8 Å². The first-order valence-electron chi connectivity index (χ1n) is 6.43. The predicted octanol–water partition coefficient (Wildman–Crippen LogP) is 1.60. The van der Waals surface area contributed by atoms with Crippen LogP contribution in [0.15, 0.2) is 34.0 Å². The second-order valence-electron chi connectivity index (χ2n) is 4.45. The van der Waals surface area contributed by atoms with Crippen LogP contribution in [-0.2, 0) is 16.0 Å². The number of benzene rings is 1. The minimum Gasteiger partial charge on any atom is -0.481 e. The molecule has 2 rings (SSSR count). The molecule has 0 spiro atoms. The number of thiazole rings is 1. The number of hydrogen-bond acceptors (Lipinski definition) is 6. The molecule has 0 aliphatic rings. The van der Waals surface area contributed by atoms with Gasteiger partial charge in [0.1, 0.15) is 0 Å². The molecule has 1 aromatic carbocycles. The molecule has 2 aromatic rings. The number of nitrogens with zero attached hydrogens (tertiary/aromatic N) is 1. The highest BCUT2D eigenvalue weighted by Crippen LogP contribution is 2.23. The second kappa shape index (κ2) is 7.75. The largest absolute Gasteiger partial charge is 0.481 e. The van der Waals surface area contributed by atoms with Gasteiger partial charge in [-0.1, -0.05) is 11.8 Å². The molecule has 0 aliphatic heterocycles. The number of aromatic nitrogens is 1. The predicted molar refractivity (Wildman–Crippen MR) is 87.8 cm³/mol. The number of carbonyl (C=O) groups is 3. The van der Waals surface area contributed by atoms with Crippen LogP contribution in [0.1, 0.15) is 16.1 Å². The van der Waals surface area contributed by atoms with Gasteiger partial charge < -0.3 is 16.2 Å². The zero-order valence-electron chi connectivity index (χ0n) is 11.8. The van der Waals surface area contributed by atoms with Gasteiger partial charge in [0, 0.05) is 16.6 Å². The Labute approximate surface area is 139 Å². The van der Waals surface area contributed by atoms with Crippen LogP contribution in [0, 0.1) is 0 Å². The van der Waals surface area contributed by atoms with Crippen molar-refractivity contribution in [2.24, 2.45) is 5.73 Å². The summed E-state index contributed by atoms with van der Waals surface area (Å²) in [6, 6.07) is 6.25. The fourth-order valence-corrected chi connectivity index (χ4v) is 3.28.